The van der Waals surface area contributed by atoms with Crippen LogP contribution in [0.25, 0.3) is 44.2 Å². The minimum absolute atomic E-state index is 0.158. The predicted molar refractivity (Wildman–Crippen MR) is 276 cm³/mol. The number of rotatable bonds is 8. The first-order chi connectivity index (χ1) is 31.6. The number of allylic oxidation sites excluding steroid dienone is 6. The summed E-state index contributed by atoms with van der Waals surface area (Å²) in [5.74, 6) is 0. The molecule has 0 spiro atoms. The van der Waals surface area contributed by atoms with Gasteiger partial charge in [0.2, 0.25) is 0 Å². The average Bonchev–Trinajstić information content (AvgIpc) is 3.66. The summed E-state index contributed by atoms with van der Waals surface area (Å²) in [6.45, 7) is 14.2. The highest BCUT2D eigenvalue weighted by molar-refractivity contribution is 6.16. The van der Waals surface area contributed by atoms with Crippen molar-refractivity contribution in [3.8, 4) is 16.8 Å². The molecule has 8 aromatic rings. The molecular weight excluding hydrogens is 787 g/mol. The van der Waals surface area contributed by atoms with E-state index in [2.05, 4.69) is 238 Å². The topological polar surface area (TPSA) is 11.4 Å². The molecule has 0 saturated carbocycles. The molecule has 3 heteroatoms. The van der Waals surface area contributed by atoms with Crippen LogP contribution in [0.3, 0.4) is 0 Å². The molecule has 7 aromatic carbocycles. The largest absolute Gasteiger partial charge is 0.334 e. The zero-order chi connectivity index (χ0) is 44.2. The molecule has 0 amide bonds. The fourth-order valence-electron chi connectivity index (χ4n) is 11.4. The minimum atomic E-state index is -0.257. The van der Waals surface area contributed by atoms with Crippen LogP contribution in [0.2, 0.25) is 0 Å². The average molecular weight is 842 g/mol. The molecule has 3 heterocycles. The molecule has 0 fully saturated rings. The lowest BCUT2D eigenvalue weighted by Gasteiger charge is -2.42. The summed E-state index contributed by atoms with van der Waals surface area (Å²) < 4.78 is 2.66. The zero-order valence-corrected chi connectivity index (χ0v) is 38.4. The number of fused-ring (bicyclic) bond motifs is 1. The van der Waals surface area contributed by atoms with E-state index in [1.54, 1.807) is 0 Å². The standard InChI is InChI=1S/C62H55N3/c1-40-20-28-46(29-21-40)63(48-32-24-44(25-33-48)42-14-9-7-10-15-42)50-36-52-53-37-51(64(47-30-22-41(2)23-31-47)49-34-26-45(27-35-49)43-16-11-8-12-17-43)39-57-59(53)65-58(52)56(38-50)61(3,4)54-18-13-19-55(60(54)65)62(57,5)6/h7,9-11,13-28,30-39,46H,8,12,29H2,1-6H3. The lowest BCUT2D eigenvalue weighted by Crippen LogP contribution is -2.34. The Morgan fingerprint density at radius 1 is 0.508 bits per heavy atom. The number of hydrogen-bond acceptors (Lipinski definition) is 2. The number of aryl methyl sites for hydroxylation is 1. The second-order valence-electron chi connectivity index (χ2n) is 19.8. The lowest BCUT2D eigenvalue weighted by molar-refractivity contribution is 0.593. The van der Waals surface area contributed by atoms with Gasteiger partial charge in [-0.15, -0.1) is 0 Å². The molecule has 0 saturated heterocycles. The monoisotopic (exact) mass is 841 g/mol. The van der Waals surface area contributed by atoms with E-state index in [4.69, 9.17) is 0 Å². The maximum absolute atomic E-state index is 2.66. The molecule has 65 heavy (non-hydrogen) atoms. The van der Waals surface area contributed by atoms with E-state index >= 15 is 0 Å². The number of benzene rings is 7. The second-order valence-corrected chi connectivity index (χ2v) is 19.8. The van der Waals surface area contributed by atoms with Gasteiger partial charge < -0.3 is 14.4 Å². The van der Waals surface area contributed by atoms with Crippen molar-refractivity contribution in [2.75, 3.05) is 9.80 Å². The van der Waals surface area contributed by atoms with E-state index in [0.29, 0.717) is 0 Å². The van der Waals surface area contributed by atoms with Crippen molar-refractivity contribution in [3.63, 3.8) is 0 Å². The Labute approximate surface area is 384 Å². The van der Waals surface area contributed by atoms with Gasteiger partial charge in [-0.3, -0.25) is 0 Å². The maximum Gasteiger partial charge on any atom is 0.0583 e. The molecule has 0 radical (unpaired) electrons. The molecule has 2 aliphatic heterocycles. The molecule has 0 N–H and O–H groups in total. The summed E-state index contributed by atoms with van der Waals surface area (Å²) in [7, 11) is 0. The van der Waals surface area contributed by atoms with Gasteiger partial charge in [-0.2, -0.15) is 0 Å². The van der Waals surface area contributed by atoms with E-state index < -0.39 is 0 Å². The Balaban J connectivity index is 1.13. The van der Waals surface area contributed by atoms with Crippen molar-refractivity contribution >= 4 is 55.8 Å². The summed E-state index contributed by atoms with van der Waals surface area (Å²) in [4.78, 5) is 5.08. The second kappa shape index (κ2) is 14.7. The summed E-state index contributed by atoms with van der Waals surface area (Å²) in [5, 5.41) is 2.59. The molecule has 1 atom stereocenters. The van der Waals surface area contributed by atoms with E-state index in [1.165, 1.54) is 100 Å². The van der Waals surface area contributed by atoms with Crippen molar-refractivity contribution in [1.29, 1.82) is 0 Å². The van der Waals surface area contributed by atoms with Gasteiger partial charge in [0.25, 0.3) is 0 Å². The molecule has 0 bridgehead atoms. The summed E-state index contributed by atoms with van der Waals surface area (Å²) in [6, 6.07) is 55.5. The summed E-state index contributed by atoms with van der Waals surface area (Å²) in [5.41, 5.74) is 22.5. The van der Waals surface area contributed by atoms with Crippen LogP contribution in [0.5, 0.6) is 0 Å². The fraction of sp³-hybridized carbons (Fsp3) is 0.194. The van der Waals surface area contributed by atoms with Crippen LogP contribution in [0.15, 0.2) is 188 Å². The molecular formula is C62H55N3. The highest BCUT2D eigenvalue weighted by Crippen LogP contribution is 2.57. The zero-order valence-electron chi connectivity index (χ0n) is 38.4. The number of nitrogens with zero attached hydrogens (tertiary/aromatic N) is 3. The van der Waals surface area contributed by atoms with Crippen LogP contribution in [0, 0.1) is 6.92 Å². The van der Waals surface area contributed by atoms with E-state index in [9.17, 15) is 0 Å². The van der Waals surface area contributed by atoms with Crippen molar-refractivity contribution < 1.29 is 0 Å². The SMILES string of the molecule is CC1=CCC(N(c2ccc(-c3ccccc3)cc2)c2cc3c4c(c2)c2cc(N(c5ccc(C)cc5)c5ccc(C6=CCCC=C6)cc5)cc5c2n4-c2c(cccc2C3(C)C)C5(C)C)C=C1. The number of hydrogen-bond donors (Lipinski definition) is 0. The van der Waals surface area contributed by atoms with Crippen LogP contribution < -0.4 is 9.80 Å². The molecule has 318 valence electrons. The minimum Gasteiger partial charge on any atom is -0.334 e. The highest BCUT2D eigenvalue weighted by Gasteiger charge is 2.44. The van der Waals surface area contributed by atoms with Gasteiger partial charge in [0.05, 0.1) is 22.8 Å². The normalized spacial score (nSPS) is 17.4. The quantitative estimate of drug-likeness (QED) is 0.151. The Morgan fingerprint density at radius 2 is 1.09 bits per heavy atom. The molecule has 2 aliphatic carbocycles. The van der Waals surface area contributed by atoms with Gasteiger partial charge in [-0.25, -0.2) is 0 Å². The van der Waals surface area contributed by atoms with E-state index in [0.717, 1.165) is 30.6 Å². The van der Waals surface area contributed by atoms with Gasteiger partial charge >= 0.3 is 0 Å². The van der Waals surface area contributed by atoms with Gasteiger partial charge in [-0.05, 0) is 138 Å². The molecule has 3 nitrogen and oxygen atoms in total. The van der Waals surface area contributed by atoms with Gasteiger partial charge in [0.15, 0.2) is 0 Å². The predicted octanol–water partition coefficient (Wildman–Crippen LogP) is 16.7. The van der Waals surface area contributed by atoms with Gasteiger partial charge in [0, 0.05) is 50.0 Å². The molecule has 1 aromatic heterocycles. The van der Waals surface area contributed by atoms with Crippen LogP contribution in [0.1, 0.15) is 87.3 Å². The van der Waals surface area contributed by atoms with E-state index in [1.807, 2.05) is 0 Å². The van der Waals surface area contributed by atoms with Crippen molar-refractivity contribution in [1.82, 2.24) is 4.57 Å². The van der Waals surface area contributed by atoms with Gasteiger partial charge in [0.1, 0.15) is 0 Å². The first-order valence-electron chi connectivity index (χ1n) is 23.5. The fourth-order valence-corrected chi connectivity index (χ4v) is 11.4. The van der Waals surface area contributed by atoms with Crippen LogP contribution in [0.4, 0.5) is 28.4 Å². The Morgan fingerprint density at radius 3 is 1.71 bits per heavy atom. The smallest absolute Gasteiger partial charge is 0.0583 e. The van der Waals surface area contributed by atoms with Gasteiger partial charge in [-0.1, -0.05) is 160 Å². The van der Waals surface area contributed by atoms with Crippen molar-refractivity contribution in [3.05, 3.63) is 221 Å². The number of anilines is 5. The third-order valence-corrected chi connectivity index (χ3v) is 15.0. The first kappa shape index (κ1) is 39.5. The first-order valence-corrected chi connectivity index (χ1v) is 23.5. The van der Waals surface area contributed by atoms with Crippen LogP contribution in [-0.2, 0) is 10.8 Å². The van der Waals surface area contributed by atoms with Crippen molar-refractivity contribution in [2.24, 2.45) is 0 Å². The number of aromatic nitrogens is 1. The Kier molecular flexibility index (Phi) is 8.94. The van der Waals surface area contributed by atoms with Crippen molar-refractivity contribution in [2.45, 2.75) is 77.7 Å². The third-order valence-electron chi connectivity index (χ3n) is 15.0. The third kappa shape index (κ3) is 6.16. The highest BCUT2D eigenvalue weighted by atomic mass is 15.2. The van der Waals surface area contributed by atoms with Crippen LogP contribution in [-0.4, -0.2) is 10.6 Å². The summed E-state index contributed by atoms with van der Waals surface area (Å²) in [6.07, 6.45) is 17.2. The molecule has 1 unspecified atom stereocenters. The molecule has 4 aliphatic rings. The maximum atomic E-state index is 2.66. The number of para-hydroxylation sites is 1. The van der Waals surface area contributed by atoms with Crippen LogP contribution >= 0.6 is 0 Å². The lowest BCUT2D eigenvalue weighted by atomic mass is 9.68. The Hall–Kier alpha value is -7.10. The van der Waals surface area contributed by atoms with E-state index in [-0.39, 0.29) is 16.9 Å². The molecule has 12 rings (SSSR count). The summed E-state index contributed by atoms with van der Waals surface area (Å²) >= 11 is 0. The Bertz CT molecular complexity index is 3330.